The van der Waals surface area contributed by atoms with Crippen molar-refractivity contribution in [3.63, 3.8) is 0 Å². The maximum atomic E-state index is 11.4. The lowest BCUT2D eigenvalue weighted by Crippen LogP contribution is -2.22. The topological polar surface area (TPSA) is 63.6 Å². The maximum absolute atomic E-state index is 11.4. The van der Waals surface area contributed by atoms with Crippen molar-refractivity contribution in [3.8, 4) is 0 Å². The van der Waals surface area contributed by atoms with Gasteiger partial charge < -0.3 is 9.84 Å². The Kier molecular flexibility index (Phi) is 2.23. The lowest BCUT2D eigenvalue weighted by Gasteiger charge is -2.15. The molecule has 0 aromatic heterocycles. The van der Waals surface area contributed by atoms with Crippen LogP contribution < -0.4 is 0 Å². The van der Waals surface area contributed by atoms with Gasteiger partial charge in [-0.3, -0.25) is 9.59 Å². The Balaban J connectivity index is 3.29. The van der Waals surface area contributed by atoms with Crippen molar-refractivity contribution in [2.24, 2.45) is 0 Å². The van der Waals surface area contributed by atoms with Gasteiger partial charge in [0.05, 0.1) is 7.11 Å². The number of aliphatic hydroxyl groups excluding tert-OH is 1. The molecule has 0 amide bonds. The van der Waals surface area contributed by atoms with Gasteiger partial charge in [0.25, 0.3) is 0 Å². The lowest BCUT2D eigenvalue weighted by molar-refractivity contribution is -0.120. The number of hydrogen-bond donors (Lipinski definition) is 1. The van der Waals surface area contributed by atoms with E-state index >= 15 is 0 Å². The smallest absolute Gasteiger partial charge is 0.227 e. The Bertz CT molecular complexity index is 347. The van der Waals surface area contributed by atoms with E-state index in [9.17, 15) is 14.7 Å². The second-order valence-corrected chi connectivity index (χ2v) is 2.79. The second kappa shape index (κ2) is 3.05. The van der Waals surface area contributed by atoms with Gasteiger partial charge in [-0.1, -0.05) is 0 Å². The fraction of sp³-hybridized carbons (Fsp3) is 0.333. The third-order valence-electron chi connectivity index (χ3n) is 2.08. The quantitative estimate of drug-likeness (QED) is 0.611. The van der Waals surface area contributed by atoms with Crippen LogP contribution >= 0.6 is 0 Å². The van der Waals surface area contributed by atoms with Gasteiger partial charge >= 0.3 is 0 Å². The van der Waals surface area contributed by atoms with Gasteiger partial charge in [-0.25, -0.2) is 0 Å². The summed E-state index contributed by atoms with van der Waals surface area (Å²) in [5.41, 5.74) is 0.586. The fourth-order valence-corrected chi connectivity index (χ4v) is 1.09. The molecule has 0 aliphatic heterocycles. The van der Waals surface area contributed by atoms with E-state index in [2.05, 4.69) is 4.74 Å². The molecule has 0 atom stereocenters. The summed E-state index contributed by atoms with van der Waals surface area (Å²) in [4.78, 5) is 22.6. The predicted molar refractivity (Wildman–Crippen MR) is 45.1 cm³/mol. The summed E-state index contributed by atoms with van der Waals surface area (Å²) < 4.78 is 4.63. The molecule has 0 aromatic carbocycles. The summed E-state index contributed by atoms with van der Waals surface area (Å²) in [6, 6.07) is 0. The van der Waals surface area contributed by atoms with Crippen molar-refractivity contribution >= 4 is 11.6 Å². The van der Waals surface area contributed by atoms with Gasteiger partial charge in [-0.15, -0.1) is 0 Å². The van der Waals surface area contributed by atoms with E-state index in [1.807, 2.05) is 0 Å². The first-order valence-corrected chi connectivity index (χ1v) is 3.74. The van der Waals surface area contributed by atoms with Gasteiger partial charge in [-0.2, -0.15) is 0 Å². The standard InChI is InChI=1S/C9H10O4/c1-4-5(2)7(11)9(13-3)8(12)6(4)10/h12H,1-3H3. The highest BCUT2D eigenvalue weighted by Gasteiger charge is 2.31. The molecule has 1 aliphatic carbocycles. The first-order valence-electron chi connectivity index (χ1n) is 3.74. The summed E-state index contributed by atoms with van der Waals surface area (Å²) in [5, 5.41) is 9.25. The van der Waals surface area contributed by atoms with E-state index in [0.29, 0.717) is 5.57 Å². The molecule has 0 fully saturated rings. The van der Waals surface area contributed by atoms with Gasteiger partial charge in [0.1, 0.15) is 0 Å². The molecule has 4 nitrogen and oxygen atoms in total. The Labute approximate surface area is 75.5 Å². The number of methoxy groups -OCH3 is 1. The minimum atomic E-state index is -0.601. The average molecular weight is 182 g/mol. The monoisotopic (exact) mass is 182 g/mol. The van der Waals surface area contributed by atoms with Crippen LogP contribution in [0.4, 0.5) is 0 Å². The minimum Gasteiger partial charge on any atom is -0.501 e. The first kappa shape index (κ1) is 9.51. The third kappa shape index (κ3) is 1.24. The van der Waals surface area contributed by atoms with Crippen molar-refractivity contribution in [3.05, 3.63) is 22.7 Å². The molecule has 1 N–H and O–H groups in total. The predicted octanol–water partition coefficient (Wildman–Crippen LogP) is 0.891. The Hall–Kier alpha value is -1.58. The zero-order chi connectivity index (χ0) is 10.2. The van der Waals surface area contributed by atoms with Gasteiger partial charge in [-0.05, 0) is 13.8 Å². The molecule has 13 heavy (non-hydrogen) atoms. The molecular weight excluding hydrogens is 172 g/mol. The number of ether oxygens (including phenoxy) is 1. The lowest BCUT2D eigenvalue weighted by atomic mass is 9.95. The Morgan fingerprint density at radius 3 is 2.00 bits per heavy atom. The number of aliphatic hydroxyl groups is 1. The van der Waals surface area contributed by atoms with Crippen LogP contribution in [-0.4, -0.2) is 23.8 Å². The highest BCUT2D eigenvalue weighted by Crippen LogP contribution is 2.22. The molecule has 0 unspecified atom stereocenters. The van der Waals surface area contributed by atoms with E-state index in [4.69, 9.17) is 0 Å². The van der Waals surface area contributed by atoms with E-state index in [1.54, 1.807) is 0 Å². The number of hydrogen-bond acceptors (Lipinski definition) is 4. The highest BCUT2D eigenvalue weighted by atomic mass is 16.5. The van der Waals surface area contributed by atoms with Crippen molar-refractivity contribution in [1.82, 2.24) is 0 Å². The Morgan fingerprint density at radius 1 is 1.08 bits per heavy atom. The van der Waals surface area contributed by atoms with E-state index in [1.165, 1.54) is 21.0 Å². The molecule has 70 valence electrons. The third-order valence-corrected chi connectivity index (χ3v) is 2.08. The number of ketones is 2. The number of carbonyl (C=O) groups is 2. The van der Waals surface area contributed by atoms with Crippen LogP contribution in [0.15, 0.2) is 22.7 Å². The summed E-state index contributed by atoms with van der Waals surface area (Å²) in [6.45, 7) is 3.03. The van der Waals surface area contributed by atoms with Crippen molar-refractivity contribution < 1.29 is 19.4 Å². The Morgan fingerprint density at radius 2 is 1.54 bits per heavy atom. The zero-order valence-corrected chi connectivity index (χ0v) is 7.67. The molecule has 0 heterocycles. The van der Waals surface area contributed by atoms with Gasteiger partial charge in [0.2, 0.25) is 23.1 Å². The molecule has 0 bridgehead atoms. The molecule has 0 saturated carbocycles. The van der Waals surface area contributed by atoms with Crippen LogP contribution in [0.1, 0.15) is 13.8 Å². The molecule has 0 radical (unpaired) electrons. The summed E-state index contributed by atoms with van der Waals surface area (Å²) in [5.74, 6) is -1.85. The van der Waals surface area contributed by atoms with Crippen LogP contribution in [0, 0.1) is 0 Å². The number of allylic oxidation sites excluding steroid dienone is 2. The number of carbonyl (C=O) groups excluding carboxylic acids is 2. The SMILES string of the molecule is COC1=C(O)C(=O)C(C)=C(C)C1=O. The molecule has 1 rings (SSSR count). The summed E-state index contributed by atoms with van der Waals surface area (Å²) >= 11 is 0. The van der Waals surface area contributed by atoms with Crippen LogP contribution in [0.5, 0.6) is 0 Å². The largest absolute Gasteiger partial charge is 0.501 e. The fourth-order valence-electron chi connectivity index (χ4n) is 1.09. The number of Topliss-reactive ketones (excluding diaryl/α,β-unsaturated/α-hetero) is 2. The normalized spacial score (nSPS) is 18.4. The zero-order valence-electron chi connectivity index (χ0n) is 7.67. The van der Waals surface area contributed by atoms with E-state index in [0.717, 1.165) is 0 Å². The van der Waals surface area contributed by atoms with Crippen LogP contribution in [0.2, 0.25) is 0 Å². The molecule has 0 saturated heterocycles. The highest BCUT2D eigenvalue weighted by molar-refractivity contribution is 6.22. The molecule has 4 heteroatoms. The first-order chi connectivity index (χ1) is 6.00. The van der Waals surface area contributed by atoms with Crippen LogP contribution in [0.3, 0.4) is 0 Å². The van der Waals surface area contributed by atoms with Crippen molar-refractivity contribution in [2.75, 3.05) is 7.11 Å². The van der Waals surface area contributed by atoms with Crippen molar-refractivity contribution in [1.29, 1.82) is 0 Å². The summed E-state index contributed by atoms with van der Waals surface area (Å²) in [6.07, 6.45) is 0. The second-order valence-electron chi connectivity index (χ2n) is 2.79. The molecular formula is C9H10O4. The molecule has 0 spiro atoms. The summed E-state index contributed by atoms with van der Waals surface area (Å²) in [7, 11) is 1.24. The van der Waals surface area contributed by atoms with Crippen molar-refractivity contribution in [2.45, 2.75) is 13.8 Å². The van der Waals surface area contributed by atoms with Crippen LogP contribution in [0.25, 0.3) is 0 Å². The number of rotatable bonds is 1. The van der Waals surface area contributed by atoms with Gasteiger partial charge in [0, 0.05) is 11.1 Å². The molecule has 0 aromatic rings. The van der Waals surface area contributed by atoms with Crippen LogP contribution in [-0.2, 0) is 14.3 Å². The minimum absolute atomic E-state index is 0.267. The molecule has 1 aliphatic rings. The maximum Gasteiger partial charge on any atom is 0.227 e. The van der Waals surface area contributed by atoms with E-state index < -0.39 is 17.3 Å². The van der Waals surface area contributed by atoms with E-state index in [-0.39, 0.29) is 11.3 Å². The average Bonchev–Trinajstić information content (AvgIpc) is 2.13. The van der Waals surface area contributed by atoms with Gasteiger partial charge in [0.15, 0.2) is 0 Å².